The quantitative estimate of drug-likeness (QED) is 0.783. The molecule has 2 aromatic rings. The van der Waals surface area contributed by atoms with Crippen molar-refractivity contribution >= 4 is 17.3 Å². The molecule has 2 saturated heterocycles. The monoisotopic (exact) mass is 313 g/mol. The van der Waals surface area contributed by atoms with Gasteiger partial charge in [-0.2, -0.15) is 14.8 Å². The Morgan fingerprint density at radius 2 is 2.22 bits per heavy atom. The summed E-state index contributed by atoms with van der Waals surface area (Å²) in [6, 6.07) is 3.35. The van der Waals surface area contributed by atoms with Crippen LogP contribution in [0.25, 0.3) is 5.52 Å². The van der Waals surface area contributed by atoms with E-state index in [1.165, 1.54) is 4.63 Å². The van der Waals surface area contributed by atoms with E-state index in [1.807, 2.05) is 17.9 Å². The molecule has 0 unspecified atom stereocenters. The summed E-state index contributed by atoms with van der Waals surface area (Å²) in [5.41, 5.74) is 1.87. The molecule has 4 heterocycles. The first-order valence-electron chi connectivity index (χ1n) is 8.00. The van der Waals surface area contributed by atoms with Gasteiger partial charge in [-0.25, -0.2) is 0 Å². The van der Waals surface area contributed by atoms with E-state index in [-0.39, 0.29) is 17.9 Å². The maximum absolute atomic E-state index is 13.1. The van der Waals surface area contributed by atoms with Gasteiger partial charge in [0.1, 0.15) is 11.6 Å². The first-order valence-corrected chi connectivity index (χ1v) is 8.00. The first-order chi connectivity index (χ1) is 11.1. The zero-order valence-electron chi connectivity index (χ0n) is 13.3. The molecule has 0 aliphatic carbocycles. The minimum absolute atomic E-state index is 0.0550. The second kappa shape index (κ2) is 5.04. The molecule has 2 fully saturated rings. The lowest BCUT2D eigenvalue weighted by Crippen LogP contribution is -2.60. The molecule has 0 spiro atoms. The number of rotatable bonds is 1. The molecule has 7 nitrogen and oxygen atoms in total. The van der Waals surface area contributed by atoms with E-state index < -0.39 is 6.04 Å². The molecule has 7 heteroatoms. The second-order valence-electron chi connectivity index (χ2n) is 6.32. The highest BCUT2D eigenvalue weighted by molar-refractivity contribution is 6.04. The van der Waals surface area contributed by atoms with Crippen LogP contribution in [0.4, 0.5) is 0 Å². The number of aromatic nitrogens is 3. The molecule has 23 heavy (non-hydrogen) atoms. The summed E-state index contributed by atoms with van der Waals surface area (Å²) in [5, 5.41) is 8.44. The molecule has 2 aliphatic heterocycles. The number of hydrogen-bond acceptors (Lipinski definition) is 4. The van der Waals surface area contributed by atoms with Crippen molar-refractivity contribution in [2.24, 2.45) is 0 Å². The van der Waals surface area contributed by atoms with Crippen molar-refractivity contribution in [1.29, 1.82) is 0 Å². The summed E-state index contributed by atoms with van der Waals surface area (Å²) >= 11 is 0. The smallest absolute Gasteiger partial charge is 0.258 e. The van der Waals surface area contributed by atoms with Gasteiger partial charge < -0.3 is 9.80 Å². The number of aryl methyl sites for hydroxylation is 1. The third kappa shape index (κ3) is 2.03. The van der Waals surface area contributed by atoms with Crippen LogP contribution in [0.2, 0.25) is 0 Å². The van der Waals surface area contributed by atoms with Crippen molar-refractivity contribution < 1.29 is 9.59 Å². The van der Waals surface area contributed by atoms with E-state index in [0.29, 0.717) is 23.3 Å². The average molecular weight is 313 g/mol. The normalized spacial score (nSPS) is 24.3. The first kappa shape index (κ1) is 14.2. The summed E-state index contributed by atoms with van der Waals surface area (Å²) in [5.74, 6) is -0.0720. The van der Waals surface area contributed by atoms with Gasteiger partial charge in [-0.1, -0.05) is 0 Å². The van der Waals surface area contributed by atoms with Gasteiger partial charge in [0, 0.05) is 25.3 Å². The summed E-state index contributed by atoms with van der Waals surface area (Å²) in [6.45, 7) is 5.03. The molecule has 2 aliphatic rings. The van der Waals surface area contributed by atoms with Crippen molar-refractivity contribution in [3.05, 3.63) is 29.6 Å². The Balaban J connectivity index is 1.73. The third-order valence-electron chi connectivity index (χ3n) is 4.96. The SMILES string of the molecule is Cc1nn2ncccc2c1C(=O)N1C[C@@H]2CCCN2C(=O)[C@@H]1C. The Morgan fingerprint density at radius 3 is 3.04 bits per heavy atom. The number of nitrogens with zero attached hydrogens (tertiary/aromatic N) is 5. The van der Waals surface area contributed by atoms with Crippen LogP contribution in [0, 0.1) is 6.92 Å². The average Bonchev–Trinajstić information content (AvgIpc) is 3.13. The van der Waals surface area contributed by atoms with Gasteiger partial charge in [0.05, 0.1) is 11.3 Å². The predicted molar refractivity (Wildman–Crippen MR) is 83.0 cm³/mol. The van der Waals surface area contributed by atoms with Crippen LogP contribution in [0.15, 0.2) is 18.3 Å². The molecule has 0 radical (unpaired) electrons. The Morgan fingerprint density at radius 1 is 1.39 bits per heavy atom. The Labute approximate surface area is 133 Å². The van der Waals surface area contributed by atoms with Gasteiger partial charge in [-0.3, -0.25) is 9.59 Å². The number of carbonyl (C=O) groups is 2. The largest absolute Gasteiger partial charge is 0.336 e. The lowest BCUT2D eigenvalue weighted by Gasteiger charge is -2.41. The topological polar surface area (TPSA) is 70.8 Å². The van der Waals surface area contributed by atoms with Crippen molar-refractivity contribution in [1.82, 2.24) is 24.6 Å². The standard InChI is InChI=1S/C16H19N5O2/c1-10-14(13-6-3-7-17-21(13)18-10)16(23)20-9-12-5-4-8-19(12)15(22)11(20)2/h3,6-7,11-12H,4-5,8-9H2,1-2H3/t11-,12-/m0/s1. The van der Waals surface area contributed by atoms with Crippen LogP contribution in [0.5, 0.6) is 0 Å². The van der Waals surface area contributed by atoms with Crippen molar-refractivity contribution in [3.63, 3.8) is 0 Å². The van der Waals surface area contributed by atoms with Crippen LogP contribution in [-0.2, 0) is 4.79 Å². The van der Waals surface area contributed by atoms with E-state index in [9.17, 15) is 9.59 Å². The number of fused-ring (bicyclic) bond motifs is 2. The third-order valence-corrected chi connectivity index (χ3v) is 4.96. The number of hydrogen-bond donors (Lipinski definition) is 0. The van der Waals surface area contributed by atoms with E-state index >= 15 is 0 Å². The van der Waals surface area contributed by atoms with Crippen molar-refractivity contribution in [3.8, 4) is 0 Å². The van der Waals surface area contributed by atoms with E-state index in [2.05, 4.69) is 10.2 Å². The van der Waals surface area contributed by atoms with E-state index in [1.54, 1.807) is 24.1 Å². The molecule has 0 aromatic carbocycles. The fraction of sp³-hybridized carbons (Fsp3) is 0.500. The van der Waals surface area contributed by atoms with Crippen molar-refractivity contribution in [2.75, 3.05) is 13.1 Å². The summed E-state index contributed by atoms with van der Waals surface area (Å²) in [7, 11) is 0. The van der Waals surface area contributed by atoms with E-state index in [0.717, 1.165) is 19.4 Å². The molecule has 2 atom stereocenters. The molecule has 0 saturated carbocycles. The summed E-state index contributed by atoms with van der Waals surface area (Å²) < 4.78 is 1.47. The van der Waals surface area contributed by atoms with Gasteiger partial charge in [0.15, 0.2) is 0 Å². The van der Waals surface area contributed by atoms with Gasteiger partial charge in [-0.15, -0.1) is 0 Å². The van der Waals surface area contributed by atoms with Gasteiger partial charge in [0.2, 0.25) is 5.91 Å². The molecule has 2 amide bonds. The second-order valence-corrected chi connectivity index (χ2v) is 6.32. The maximum atomic E-state index is 13.1. The molecule has 4 rings (SSSR count). The molecule has 0 N–H and O–H groups in total. The Hall–Kier alpha value is -2.44. The van der Waals surface area contributed by atoms with Gasteiger partial charge >= 0.3 is 0 Å². The highest BCUT2D eigenvalue weighted by Gasteiger charge is 2.43. The van der Waals surface area contributed by atoms with Crippen LogP contribution in [-0.4, -0.2) is 61.6 Å². The Bertz CT molecular complexity index is 799. The van der Waals surface area contributed by atoms with Crippen LogP contribution in [0.1, 0.15) is 35.8 Å². The molecule has 2 aromatic heterocycles. The van der Waals surface area contributed by atoms with Gasteiger partial charge in [0.25, 0.3) is 5.91 Å². The zero-order chi connectivity index (χ0) is 16.1. The molecular weight excluding hydrogens is 294 g/mol. The van der Waals surface area contributed by atoms with Crippen LogP contribution in [0.3, 0.4) is 0 Å². The predicted octanol–water partition coefficient (Wildman–Crippen LogP) is 0.873. The molecular formula is C16H19N5O2. The maximum Gasteiger partial charge on any atom is 0.258 e. The number of carbonyl (C=O) groups excluding carboxylic acids is 2. The van der Waals surface area contributed by atoms with E-state index in [4.69, 9.17) is 0 Å². The number of piperazine rings is 1. The van der Waals surface area contributed by atoms with Crippen LogP contribution < -0.4 is 0 Å². The van der Waals surface area contributed by atoms with Gasteiger partial charge in [-0.05, 0) is 38.8 Å². The van der Waals surface area contributed by atoms with Crippen molar-refractivity contribution in [2.45, 2.75) is 38.8 Å². The molecule has 0 bridgehead atoms. The lowest BCUT2D eigenvalue weighted by molar-refractivity contribution is -0.141. The Kier molecular flexibility index (Phi) is 3.11. The highest BCUT2D eigenvalue weighted by atomic mass is 16.2. The number of amides is 2. The zero-order valence-corrected chi connectivity index (χ0v) is 13.3. The lowest BCUT2D eigenvalue weighted by atomic mass is 10.0. The highest BCUT2D eigenvalue weighted by Crippen LogP contribution is 2.28. The fourth-order valence-electron chi connectivity index (χ4n) is 3.75. The summed E-state index contributed by atoms with van der Waals surface area (Å²) in [4.78, 5) is 29.3. The fourth-order valence-corrected chi connectivity index (χ4v) is 3.75. The minimum atomic E-state index is -0.428. The van der Waals surface area contributed by atoms with Crippen LogP contribution >= 0.6 is 0 Å². The molecule has 120 valence electrons. The summed E-state index contributed by atoms with van der Waals surface area (Å²) in [6.07, 6.45) is 3.62. The minimum Gasteiger partial charge on any atom is -0.336 e.